The Morgan fingerprint density at radius 2 is 2.25 bits per heavy atom. The maximum Gasteiger partial charge on any atom is 0.316 e. The normalized spacial score (nSPS) is 17.2. The van der Waals surface area contributed by atoms with E-state index in [1.807, 2.05) is 13.0 Å². The van der Waals surface area contributed by atoms with Gasteiger partial charge in [-0.1, -0.05) is 36.9 Å². The molecule has 24 heavy (non-hydrogen) atoms. The minimum absolute atomic E-state index is 0.00579. The fourth-order valence-corrected chi connectivity index (χ4v) is 3.22. The molecule has 1 aliphatic heterocycles. The van der Waals surface area contributed by atoms with Crippen LogP contribution in [0.4, 0.5) is 4.39 Å². The van der Waals surface area contributed by atoms with E-state index in [2.05, 4.69) is 5.32 Å². The number of rotatable bonds is 6. The van der Waals surface area contributed by atoms with Gasteiger partial charge in [0.2, 0.25) is 5.91 Å². The molecular weight excluding hydrogens is 331 g/mol. The van der Waals surface area contributed by atoms with Crippen LogP contribution in [0.5, 0.6) is 0 Å². The Kier molecular flexibility index (Phi) is 6.38. The summed E-state index contributed by atoms with van der Waals surface area (Å²) in [6.07, 6.45) is 0.711. The molecule has 0 aromatic heterocycles. The maximum absolute atomic E-state index is 14.0. The molecule has 2 rings (SSSR count). The van der Waals surface area contributed by atoms with Gasteiger partial charge in [0, 0.05) is 12.3 Å². The number of hydrogen-bond acceptors (Lipinski definition) is 5. The number of esters is 1. The highest BCUT2D eigenvalue weighted by molar-refractivity contribution is 8.03. The van der Waals surface area contributed by atoms with Crippen LogP contribution < -0.4 is 5.32 Å². The van der Waals surface area contributed by atoms with Gasteiger partial charge in [-0.15, -0.1) is 0 Å². The Balaban J connectivity index is 2.23. The minimum Gasteiger partial charge on any atom is -0.465 e. The molecule has 7 heteroatoms. The Bertz CT molecular complexity index is 712. The highest BCUT2D eigenvalue weighted by atomic mass is 32.2. The van der Waals surface area contributed by atoms with E-state index in [1.165, 1.54) is 6.07 Å². The minimum atomic E-state index is -0.654. The summed E-state index contributed by atoms with van der Waals surface area (Å²) in [7, 11) is 0. The summed E-state index contributed by atoms with van der Waals surface area (Å²) in [5, 5.41) is 12.4. The van der Waals surface area contributed by atoms with Crippen molar-refractivity contribution in [3.63, 3.8) is 0 Å². The van der Waals surface area contributed by atoms with E-state index < -0.39 is 17.7 Å². The Morgan fingerprint density at radius 3 is 2.92 bits per heavy atom. The van der Waals surface area contributed by atoms with Crippen LogP contribution in [0.25, 0.3) is 0 Å². The van der Waals surface area contributed by atoms with Crippen LogP contribution in [0.2, 0.25) is 0 Å². The van der Waals surface area contributed by atoms with Crippen LogP contribution >= 0.6 is 11.8 Å². The zero-order valence-corrected chi connectivity index (χ0v) is 14.0. The van der Waals surface area contributed by atoms with Crippen molar-refractivity contribution >= 4 is 23.6 Å². The van der Waals surface area contributed by atoms with Crippen LogP contribution in [0.3, 0.4) is 0 Å². The first kappa shape index (κ1) is 18.0. The molecule has 0 radical (unpaired) electrons. The standard InChI is InChI=1S/C17H17FN2O3S/c1-2-7-23-16(22)10-24-17-13(9-19)12(8-15(21)20-17)11-5-3-4-6-14(11)18/h3-6,12H,2,7-8,10H2,1H3,(H,20,21)/t12-/m1/s1. The average molecular weight is 348 g/mol. The summed E-state index contributed by atoms with van der Waals surface area (Å²) in [6, 6.07) is 8.12. The summed E-state index contributed by atoms with van der Waals surface area (Å²) in [5.41, 5.74) is 0.559. The van der Waals surface area contributed by atoms with Gasteiger partial charge in [0.05, 0.1) is 29.0 Å². The molecule has 1 aliphatic rings. The number of allylic oxidation sites excluding steroid dienone is 1. The third-order valence-corrected chi connectivity index (χ3v) is 4.43. The lowest BCUT2D eigenvalue weighted by Crippen LogP contribution is -2.31. The van der Waals surface area contributed by atoms with Gasteiger partial charge in [-0.3, -0.25) is 9.59 Å². The fraction of sp³-hybridized carbons (Fsp3) is 0.353. The van der Waals surface area contributed by atoms with Crippen molar-refractivity contribution in [3.05, 3.63) is 46.2 Å². The molecule has 1 aromatic rings. The van der Waals surface area contributed by atoms with Crippen molar-refractivity contribution in [1.29, 1.82) is 5.26 Å². The van der Waals surface area contributed by atoms with Crippen molar-refractivity contribution in [3.8, 4) is 6.07 Å². The summed E-state index contributed by atoms with van der Waals surface area (Å²) in [4.78, 5) is 23.5. The number of hydrogen-bond donors (Lipinski definition) is 1. The largest absolute Gasteiger partial charge is 0.465 e. The van der Waals surface area contributed by atoms with Crippen molar-refractivity contribution < 1.29 is 18.7 Å². The first-order valence-corrected chi connectivity index (χ1v) is 8.52. The predicted molar refractivity (Wildman–Crippen MR) is 88.2 cm³/mol. The number of nitrogens with zero attached hydrogens (tertiary/aromatic N) is 1. The first-order chi connectivity index (χ1) is 11.6. The number of thioether (sulfide) groups is 1. The maximum atomic E-state index is 14.0. The molecule has 5 nitrogen and oxygen atoms in total. The third kappa shape index (κ3) is 4.36. The van der Waals surface area contributed by atoms with E-state index in [0.29, 0.717) is 18.6 Å². The first-order valence-electron chi connectivity index (χ1n) is 7.53. The second-order valence-electron chi connectivity index (χ2n) is 5.19. The fourth-order valence-electron chi connectivity index (χ4n) is 2.35. The van der Waals surface area contributed by atoms with Gasteiger partial charge in [0.15, 0.2) is 0 Å². The molecule has 0 unspecified atom stereocenters. The molecule has 1 heterocycles. The van der Waals surface area contributed by atoms with Crippen molar-refractivity contribution in [2.45, 2.75) is 25.7 Å². The van der Waals surface area contributed by atoms with Gasteiger partial charge < -0.3 is 10.1 Å². The van der Waals surface area contributed by atoms with Crippen molar-refractivity contribution in [2.24, 2.45) is 0 Å². The van der Waals surface area contributed by atoms with Crippen LogP contribution in [0.15, 0.2) is 34.9 Å². The van der Waals surface area contributed by atoms with E-state index in [4.69, 9.17) is 4.74 Å². The number of nitriles is 1. The highest BCUT2D eigenvalue weighted by Gasteiger charge is 2.31. The van der Waals surface area contributed by atoms with E-state index in [9.17, 15) is 19.2 Å². The van der Waals surface area contributed by atoms with Crippen LogP contribution in [0, 0.1) is 17.1 Å². The summed E-state index contributed by atoms with van der Waals surface area (Å²) < 4.78 is 19.0. The summed E-state index contributed by atoms with van der Waals surface area (Å²) in [5.74, 6) is -1.87. The van der Waals surface area contributed by atoms with Gasteiger partial charge in [-0.2, -0.15) is 5.26 Å². The molecule has 0 fully saturated rings. The molecule has 1 atom stereocenters. The quantitative estimate of drug-likeness (QED) is 0.800. The number of carbonyl (C=O) groups excluding carboxylic acids is 2. The van der Waals surface area contributed by atoms with Gasteiger partial charge in [-0.25, -0.2) is 4.39 Å². The van der Waals surface area contributed by atoms with Crippen LogP contribution in [0.1, 0.15) is 31.2 Å². The Hall–Kier alpha value is -2.33. The number of carbonyl (C=O) groups is 2. The third-order valence-electron chi connectivity index (χ3n) is 3.44. The zero-order chi connectivity index (χ0) is 17.5. The molecule has 0 spiro atoms. The van der Waals surface area contributed by atoms with Crippen molar-refractivity contribution in [1.82, 2.24) is 5.32 Å². The lowest BCUT2D eigenvalue weighted by Gasteiger charge is -2.25. The van der Waals surface area contributed by atoms with Crippen LogP contribution in [-0.2, 0) is 14.3 Å². The van der Waals surface area contributed by atoms with E-state index in [-0.39, 0.29) is 28.7 Å². The van der Waals surface area contributed by atoms with Crippen LogP contribution in [-0.4, -0.2) is 24.2 Å². The van der Waals surface area contributed by atoms with Gasteiger partial charge in [0.25, 0.3) is 0 Å². The SMILES string of the molecule is CCCOC(=O)CSC1=C(C#N)[C@@H](c2ccccc2F)CC(=O)N1. The smallest absolute Gasteiger partial charge is 0.316 e. The molecule has 1 aromatic carbocycles. The lowest BCUT2D eigenvalue weighted by molar-refractivity contribution is -0.140. The molecule has 0 saturated carbocycles. The molecule has 1 amide bonds. The molecular formula is C17H17FN2O3S. The average Bonchev–Trinajstić information content (AvgIpc) is 2.58. The topological polar surface area (TPSA) is 79.2 Å². The van der Waals surface area contributed by atoms with E-state index in [1.54, 1.807) is 18.2 Å². The highest BCUT2D eigenvalue weighted by Crippen LogP contribution is 2.36. The number of benzene rings is 1. The number of nitrogens with one attached hydrogen (secondary N) is 1. The second kappa shape index (κ2) is 8.50. The van der Waals surface area contributed by atoms with Gasteiger partial charge in [-0.05, 0) is 18.1 Å². The summed E-state index contributed by atoms with van der Waals surface area (Å²) >= 11 is 1.02. The Morgan fingerprint density at radius 1 is 1.50 bits per heavy atom. The molecule has 0 bridgehead atoms. The molecule has 1 N–H and O–H groups in total. The van der Waals surface area contributed by atoms with Gasteiger partial charge in [0.1, 0.15) is 5.82 Å². The van der Waals surface area contributed by atoms with Crippen molar-refractivity contribution in [2.75, 3.05) is 12.4 Å². The zero-order valence-electron chi connectivity index (χ0n) is 13.2. The van der Waals surface area contributed by atoms with E-state index >= 15 is 0 Å². The molecule has 0 saturated heterocycles. The van der Waals surface area contributed by atoms with E-state index in [0.717, 1.165) is 11.8 Å². The second-order valence-corrected chi connectivity index (χ2v) is 6.18. The predicted octanol–water partition coefficient (Wildman–Crippen LogP) is 2.85. The number of amides is 1. The lowest BCUT2D eigenvalue weighted by atomic mass is 9.87. The molecule has 126 valence electrons. The number of halogens is 1. The molecule has 0 aliphatic carbocycles. The van der Waals surface area contributed by atoms with Gasteiger partial charge >= 0.3 is 5.97 Å². The Labute approximate surface area is 143 Å². The monoisotopic (exact) mass is 348 g/mol. The number of ether oxygens (including phenoxy) is 1. The summed E-state index contributed by atoms with van der Waals surface area (Å²) in [6.45, 7) is 2.21.